The average Bonchev–Trinajstić information content (AvgIpc) is 3.44. The molecule has 3 amide bonds. The van der Waals surface area contributed by atoms with Gasteiger partial charge in [-0.3, -0.25) is 19.2 Å². The molecule has 1 aliphatic heterocycles. The third-order valence-corrected chi connectivity index (χ3v) is 7.64. The summed E-state index contributed by atoms with van der Waals surface area (Å²) in [7, 11) is 0. The zero-order valence-electron chi connectivity index (χ0n) is 23.0. The molecule has 12 heteroatoms. The molecular formula is C28H39N5O6S. The number of hydrogen-bond acceptors (Lipinski definition) is 8. The van der Waals surface area contributed by atoms with Crippen molar-refractivity contribution in [2.24, 2.45) is 5.92 Å². The Labute approximate surface area is 238 Å². The van der Waals surface area contributed by atoms with Crippen LogP contribution in [-0.2, 0) is 32.1 Å². The maximum atomic E-state index is 13.2. The second-order valence-electron chi connectivity index (χ2n) is 10.0. The van der Waals surface area contributed by atoms with Crippen molar-refractivity contribution in [3.05, 3.63) is 45.9 Å². The van der Waals surface area contributed by atoms with Gasteiger partial charge in [0.15, 0.2) is 0 Å². The zero-order chi connectivity index (χ0) is 28.9. The molecule has 3 atom stereocenters. The van der Waals surface area contributed by atoms with E-state index in [4.69, 9.17) is 9.84 Å². The third kappa shape index (κ3) is 10.6. The number of rotatable bonds is 15. The molecule has 3 rings (SSSR count). The number of aromatic nitrogens is 1. The Morgan fingerprint density at radius 2 is 2.02 bits per heavy atom. The van der Waals surface area contributed by atoms with Crippen LogP contribution < -0.4 is 26.0 Å². The Hall–Kier alpha value is -3.51. The van der Waals surface area contributed by atoms with Crippen LogP contribution in [0.2, 0.25) is 0 Å². The first-order valence-corrected chi connectivity index (χ1v) is 14.5. The SMILES string of the molecule is CC(=O)N[C@@H](CC(=O)O)C(=O)NC(CCc1nccs1)C(=O)NCc1cc(OCCC2CCCNC2)ccc1C. The Morgan fingerprint density at radius 1 is 1.20 bits per heavy atom. The number of carboxylic acids is 1. The van der Waals surface area contributed by atoms with Crippen molar-refractivity contribution in [2.45, 2.75) is 71.0 Å². The molecule has 0 bridgehead atoms. The molecule has 2 heterocycles. The number of carbonyl (C=O) groups is 4. The van der Waals surface area contributed by atoms with Crippen LogP contribution in [0.3, 0.4) is 0 Å². The van der Waals surface area contributed by atoms with E-state index in [0.717, 1.165) is 41.4 Å². The second kappa shape index (κ2) is 15.9. The molecule has 11 nitrogen and oxygen atoms in total. The van der Waals surface area contributed by atoms with Crippen molar-refractivity contribution in [1.82, 2.24) is 26.3 Å². The minimum atomic E-state index is -1.30. The number of ether oxygens (including phenoxy) is 1. The largest absolute Gasteiger partial charge is 0.494 e. The van der Waals surface area contributed by atoms with Crippen molar-refractivity contribution >= 4 is 35.0 Å². The van der Waals surface area contributed by atoms with Crippen LogP contribution in [0.15, 0.2) is 29.8 Å². The molecule has 0 aliphatic carbocycles. The minimum Gasteiger partial charge on any atom is -0.494 e. The number of amides is 3. The fourth-order valence-corrected chi connectivity index (χ4v) is 5.20. The van der Waals surface area contributed by atoms with Gasteiger partial charge in [-0.25, -0.2) is 4.98 Å². The summed E-state index contributed by atoms with van der Waals surface area (Å²) in [4.78, 5) is 53.1. The highest BCUT2D eigenvalue weighted by atomic mass is 32.1. The normalized spacial score (nSPS) is 16.4. The van der Waals surface area contributed by atoms with E-state index >= 15 is 0 Å². The van der Waals surface area contributed by atoms with Crippen LogP contribution in [-0.4, -0.2) is 65.6 Å². The summed E-state index contributed by atoms with van der Waals surface area (Å²) < 4.78 is 6.00. The van der Waals surface area contributed by atoms with Gasteiger partial charge in [-0.2, -0.15) is 0 Å². The average molecular weight is 574 g/mol. The lowest BCUT2D eigenvalue weighted by Crippen LogP contribution is -2.54. The van der Waals surface area contributed by atoms with E-state index in [-0.39, 0.29) is 13.0 Å². The van der Waals surface area contributed by atoms with Gasteiger partial charge in [-0.05, 0) is 74.9 Å². The van der Waals surface area contributed by atoms with Gasteiger partial charge in [0.25, 0.3) is 0 Å². The number of carboxylic acid groups (broad SMARTS) is 1. The lowest BCUT2D eigenvalue weighted by atomic mass is 9.97. The Balaban J connectivity index is 1.61. The molecule has 0 spiro atoms. The van der Waals surface area contributed by atoms with Gasteiger partial charge in [-0.1, -0.05) is 6.07 Å². The fourth-order valence-electron chi connectivity index (χ4n) is 4.56. The van der Waals surface area contributed by atoms with Gasteiger partial charge >= 0.3 is 5.97 Å². The summed E-state index contributed by atoms with van der Waals surface area (Å²) in [6.07, 6.45) is 5.14. The second-order valence-corrected chi connectivity index (χ2v) is 11.0. The standard InChI is InChI=1S/C28H39N5O6S/c1-18-5-6-22(39-12-9-20-4-3-10-29-16-20)14-21(18)17-31-27(37)23(7-8-25-30-11-13-40-25)33-28(38)24(15-26(35)36)32-19(2)34/h5-6,11,13-14,20,23-24,29H,3-4,7-10,12,15-17H2,1-2H3,(H,31,37)(H,32,34)(H,33,38)(H,35,36)/t20?,23?,24-/m0/s1. The van der Waals surface area contributed by atoms with Gasteiger partial charge in [0.05, 0.1) is 18.0 Å². The number of nitrogens with one attached hydrogen (secondary N) is 4. The van der Waals surface area contributed by atoms with Crippen LogP contribution in [0.4, 0.5) is 0 Å². The highest BCUT2D eigenvalue weighted by Gasteiger charge is 2.28. The van der Waals surface area contributed by atoms with Crippen LogP contribution in [0.1, 0.15) is 55.2 Å². The number of thiazole rings is 1. The predicted octanol–water partition coefficient (Wildman–Crippen LogP) is 1.93. The lowest BCUT2D eigenvalue weighted by molar-refractivity contribution is -0.140. The highest BCUT2D eigenvalue weighted by molar-refractivity contribution is 7.09. The van der Waals surface area contributed by atoms with Gasteiger partial charge in [0.2, 0.25) is 17.7 Å². The van der Waals surface area contributed by atoms with Crippen molar-refractivity contribution in [1.29, 1.82) is 0 Å². The number of benzene rings is 1. The molecule has 218 valence electrons. The van der Waals surface area contributed by atoms with E-state index < -0.39 is 42.2 Å². The van der Waals surface area contributed by atoms with Gasteiger partial charge in [-0.15, -0.1) is 11.3 Å². The quantitative estimate of drug-likeness (QED) is 0.216. The molecule has 1 aromatic carbocycles. The monoisotopic (exact) mass is 573 g/mol. The first kappa shape index (κ1) is 31.0. The van der Waals surface area contributed by atoms with E-state index in [2.05, 4.69) is 26.3 Å². The molecule has 40 heavy (non-hydrogen) atoms. The van der Waals surface area contributed by atoms with E-state index in [0.29, 0.717) is 18.9 Å². The fraction of sp³-hybridized carbons (Fsp3) is 0.536. The molecule has 1 saturated heterocycles. The number of hydrogen-bond donors (Lipinski definition) is 5. The molecule has 1 aliphatic rings. The Morgan fingerprint density at radius 3 is 2.70 bits per heavy atom. The van der Waals surface area contributed by atoms with Crippen molar-refractivity contribution in [3.63, 3.8) is 0 Å². The van der Waals surface area contributed by atoms with E-state index in [1.54, 1.807) is 6.20 Å². The van der Waals surface area contributed by atoms with Crippen molar-refractivity contribution in [3.8, 4) is 5.75 Å². The van der Waals surface area contributed by atoms with Crippen molar-refractivity contribution in [2.75, 3.05) is 19.7 Å². The predicted molar refractivity (Wildman–Crippen MR) is 151 cm³/mol. The lowest BCUT2D eigenvalue weighted by Gasteiger charge is -2.23. The first-order valence-electron chi connectivity index (χ1n) is 13.6. The van der Waals surface area contributed by atoms with Crippen molar-refractivity contribution < 1.29 is 29.0 Å². The van der Waals surface area contributed by atoms with Gasteiger partial charge < -0.3 is 31.1 Å². The van der Waals surface area contributed by atoms with E-state index in [1.807, 2.05) is 30.5 Å². The van der Waals surface area contributed by atoms with Crippen LogP contribution in [0.5, 0.6) is 5.75 Å². The van der Waals surface area contributed by atoms with Gasteiger partial charge in [0, 0.05) is 31.5 Å². The number of aliphatic carboxylic acids is 1. The van der Waals surface area contributed by atoms with Crippen LogP contribution in [0.25, 0.3) is 0 Å². The van der Waals surface area contributed by atoms with Crippen LogP contribution in [0, 0.1) is 12.8 Å². The van der Waals surface area contributed by atoms with E-state index in [1.165, 1.54) is 31.1 Å². The molecule has 5 N–H and O–H groups in total. The number of aryl methyl sites for hydroxylation is 2. The number of nitrogens with zero attached hydrogens (tertiary/aromatic N) is 1. The summed E-state index contributed by atoms with van der Waals surface area (Å²) >= 11 is 1.44. The maximum Gasteiger partial charge on any atom is 0.305 e. The topological polar surface area (TPSA) is 159 Å². The molecule has 1 aromatic heterocycles. The molecule has 1 fully saturated rings. The Kier molecular flexibility index (Phi) is 12.4. The minimum absolute atomic E-state index is 0.224. The molecule has 0 saturated carbocycles. The summed E-state index contributed by atoms with van der Waals surface area (Å²) in [6.45, 7) is 6.10. The zero-order valence-corrected chi connectivity index (χ0v) is 23.9. The Bertz CT molecular complexity index is 1120. The third-order valence-electron chi connectivity index (χ3n) is 6.80. The molecule has 2 unspecified atom stereocenters. The summed E-state index contributed by atoms with van der Waals surface area (Å²) in [6, 6.07) is 3.53. The summed E-state index contributed by atoms with van der Waals surface area (Å²) in [5.74, 6) is -1.59. The van der Waals surface area contributed by atoms with E-state index in [9.17, 15) is 19.2 Å². The van der Waals surface area contributed by atoms with Gasteiger partial charge in [0.1, 0.15) is 17.8 Å². The molecule has 0 radical (unpaired) electrons. The first-order chi connectivity index (χ1) is 19.2. The smallest absolute Gasteiger partial charge is 0.305 e. The van der Waals surface area contributed by atoms with Crippen LogP contribution >= 0.6 is 11.3 Å². The molecule has 2 aromatic rings. The number of piperidine rings is 1. The summed E-state index contributed by atoms with van der Waals surface area (Å²) in [5, 5.41) is 23.1. The maximum absolute atomic E-state index is 13.2. The molecular weight excluding hydrogens is 534 g/mol. The number of carbonyl (C=O) groups excluding carboxylic acids is 3. The summed E-state index contributed by atoms with van der Waals surface area (Å²) in [5.41, 5.74) is 1.87. The highest BCUT2D eigenvalue weighted by Crippen LogP contribution is 2.20.